The van der Waals surface area contributed by atoms with Crippen LogP contribution < -0.4 is 9.50 Å². The molecule has 3 aromatic rings. The summed E-state index contributed by atoms with van der Waals surface area (Å²) in [7, 11) is -4.69. The van der Waals surface area contributed by atoms with E-state index in [1.807, 2.05) is 48.5 Å². The van der Waals surface area contributed by atoms with E-state index in [9.17, 15) is 31.2 Å². The van der Waals surface area contributed by atoms with Crippen LogP contribution >= 0.6 is 0 Å². The number of rotatable bonds is 8. The lowest BCUT2D eigenvalue weighted by Crippen LogP contribution is -2.43. The monoisotopic (exact) mass is 549 g/mol. The van der Waals surface area contributed by atoms with E-state index in [0.717, 1.165) is 41.5 Å². The summed E-state index contributed by atoms with van der Waals surface area (Å²) in [5.41, 5.74) is -1.05. The number of ether oxygens (including phenoxy) is 2. The zero-order valence-electron chi connectivity index (χ0n) is 19.9. The number of amides is 1. The Balaban J connectivity index is 1.40. The summed E-state index contributed by atoms with van der Waals surface area (Å²) in [4.78, 5) is 24.9. The van der Waals surface area contributed by atoms with Crippen LogP contribution in [-0.4, -0.2) is 45.7 Å². The minimum Gasteiger partial charge on any atom is -0.467 e. The number of benzene rings is 3. The molecule has 8 nitrogen and oxygen atoms in total. The van der Waals surface area contributed by atoms with Crippen molar-refractivity contribution in [3.8, 4) is 16.9 Å². The van der Waals surface area contributed by atoms with Gasteiger partial charge in [0.05, 0.1) is 7.11 Å². The van der Waals surface area contributed by atoms with E-state index in [-0.39, 0.29) is 18.9 Å². The molecule has 4 rings (SSSR count). The van der Waals surface area contributed by atoms with Gasteiger partial charge in [-0.05, 0) is 39.9 Å². The van der Waals surface area contributed by atoms with Crippen molar-refractivity contribution in [2.24, 2.45) is 0 Å². The predicted molar refractivity (Wildman–Crippen MR) is 130 cm³/mol. The van der Waals surface area contributed by atoms with Crippen LogP contribution in [0.1, 0.15) is 22.6 Å². The Morgan fingerprint density at radius 2 is 1.47 bits per heavy atom. The van der Waals surface area contributed by atoms with Crippen LogP contribution in [0.2, 0.25) is 0 Å². The van der Waals surface area contributed by atoms with Crippen LogP contribution in [0.4, 0.5) is 18.0 Å². The fourth-order valence-electron chi connectivity index (χ4n) is 4.21. The number of methoxy groups -OCH3 is 1. The molecule has 0 saturated heterocycles. The fourth-order valence-corrected chi connectivity index (χ4v) is 4.67. The number of carbonyl (C=O) groups excluding carboxylic acids is 2. The maximum atomic E-state index is 12.6. The van der Waals surface area contributed by atoms with E-state index in [2.05, 4.69) is 9.50 Å². The van der Waals surface area contributed by atoms with Gasteiger partial charge in [0.25, 0.3) is 0 Å². The second-order valence-corrected chi connectivity index (χ2v) is 9.91. The standard InChI is InChI=1S/C26H22F3NO7S/c1-35-24(31)23(14-16-10-12-17(13-11-16)37-38(33,34)26(27,28)29)30-25(32)36-15-22-20-8-4-2-6-18(20)19-7-3-5-9-21(19)22/h2-13,22-23H,14-15H2,1H3,(H,30,32). The molecule has 0 fully saturated rings. The molecule has 3 aromatic carbocycles. The average molecular weight is 550 g/mol. The third-order valence-corrected chi connectivity index (χ3v) is 6.95. The zero-order valence-corrected chi connectivity index (χ0v) is 20.7. The molecule has 0 heterocycles. The minimum atomic E-state index is -5.82. The molecule has 1 aliphatic carbocycles. The number of esters is 1. The number of carbonyl (C=O) groups is 2. The Labute approximate surface area is 216 Å². The first kappa shape index (κ1) is 27.0. The van der Waals surface area contributed by atoms with Crippen molar-refractivity contribution < 1.29 is 44.8 Å². The Morgan fingerprint density at radius 3 is 2.00 bits per heavy atom. The lowest BCUT2D eigenvalue weighted by atomic mass is 9.98. The Bertz CT molecular complexity index is 1390. The van der Waals surface area contributed by atoms with E-state index >= 15 is 0 Å². The third-order valence-electron chi connectivity index (χ3n) is 5.97. The van der Waals surface area contributed by atoms with Crippen LogP contribution in [-0.2, 0) is 30.8 Å². The molecular weight excluding hydrogens is 527 g/mol. The van der Waals surface area contributed by atoms with Gasteiger partial charge < -0.3 is 19.0 Å². The van der Waals surface area contributed by atoms with Gasteiger partial charge in [-0.2, -0.15) is 21.6 Å². The Hall–Kier alpha value is -4.06. The summed E-state index contributed by atoms with van der Waals surface area (Å²) in [6, 6.07) is 18.9. The molecule has 1 amide bonds. The summed E-state index contributed by atoms with van der Waals surface area (Å²) < 4.78 is 74.1. The summed E-state index contributed by atoms with van der Waals surface area (Å²) in [5, 5.41) is 2.45. The molecule has 12 heteroatoms. The van der Waals surface area contributed by atoms with Crippen molar-refractivity contribution in [1.29, 1.82) is 0 Å². The Morgan fingerprint density at radius 1 is 0.921 bits per heavy atom. The van der Waals surface area contributed by atoms with Gasteiger partial charge in [-0.25, -0.2) is 9.59 Å². The van der Waals surface area contributed by atoms with E-state index < -0.39 is 39.5 Å². The first-order valence-corrected chi connectivity index (χ1v) is 12.7. The quantitative estimate of drug-likeness (QED) is 0.250. The second-order valence-electron chi connectivity index (χ2n) is 8.38. The molecule has 0 bridgehead atoms. The van der Waals surface area contributed by atoms with E-state index in [0.29, 0.717) is 5.56 Å². The largest absolute Gasteiger partial charge is 0.534 e. The SMILES string of the molecule is COC(=O)C(Cc1ccc(OS(=O)(=O)C(F)(F)F)cc1)NC(=O)OCC1c2ccccc2-c2ccccc21. The molecule has 0 spiro atoms. The lowest BCUT2D eigenvalue weighted by molar-refractivity contribution is -0.143. The van der Waals surface area contributed by atoms with Crippen LogP contribution in [0, 0.1) is 0 Å². The number of fused-ring (bicyclic) bond motifs is 3. The lowest BCUT2D eigenvalue weighted by Gasteiger charge is -2.19. The van der Waals surface area contributed by atoms with E-state index in [4.69, 9.17) is 9.47 Å². The molecule has 200 valence electrons. The summed E-state index contributed by atoms with van der Waals surface area (Å²) in [5.74, 6) is -1.53. The van der Waals surface area contributed by atoms with Crippen molar-refractivity contribution in [3.05, 3.63) is 89.5 Å². The molecule has 1 N–H and O–H groups in total. The van der Waals surface area contributed by atoms with Gasteiger partial charge in [-0.3, -0.25) is 0 Å². The molecule has 0 aliphatic heterocycles. The van der Waals surface area contributed by atoms with Gasteiger partial charge in [0, 0.05) is 12.3 Å². The molecule has 1 aliphatic rings. The first-order valence-electron chi connectivity index (χ1n) is 11.3. The van der Waals surface area contributed by atoms with Crippen LogP contribution in [0.3, 0.4) is 0 Å². The molecule has 0 aromatic heterocycles. The normalized spacial score (nSPS) is 13.7. The Kier molecular flexibility index (Phi) is 7.63. The summed E-state index contributed by atoms with van der Waals surface area (Å²) in [6.45, 7) is 0.0213. The molecule has 0 saturated carbocycles. The van der Waals surface area contributed by atoms with Gasteiger partial charge in [0.15, 0.2) is 0 Å². The highest BCUT2D eigenvalue weighted by Crippen LogP contribution is 2.44. The van der Waals surface area contributed by atoms with Gasteiger partial charge in [0.1, 0.15) is 18.4 Å². The fraction of sp³-hybridized carbons (Fsp3) is 0.231. The van der Waals surface area contributed by atoms with Crippen molar-refractivity contribution in [1.82, 2.24) is 5.32 Å². The predicted octanol–water partition coefficient (Wildman–Crippen LogP) is 4.54. The average Bonchev–Trinajstić information content (AvgIpc) is 3.20. The summed E-state index contributed by atoms with van der Waals surface area (Å²) >= 11 is 0. The van der Waals surface area contributed by atoms with Crippen molar-refractivity contribution in [2.75, 3.05) is 13.7 Å². The number of alkyl halides is 3. The van der Waals surface area contributed by atoms with Gasteiger partial charge in [-0.15, -0.1) is 0 Å². The highest BCUT2D eigenvalue weighted by atomic mass is 32.2. The number of alkyl carbamates (subject to hydrolysis) is 1. The van der Waals surface area contributed by atoms with E-state index in [1.54, 1.807) is 0 Å². The highest BCUT2D eigenvalue weighted by molar-refractivity contribution is 7.88. The molecular formula is C26H22F3NO7S. The zero-order chi connectivity index (χ0) is 27.5. The summed E-state index contributed by atoms with van der Waals surface area (Å²) in [6.07, 6.45) is -0.970. The van der Waals surface area contributed by atoms with Crippen molar-refractivity contribution in [2.45, 2.75) is 23.9 Å². The first-order chi connectivity index (χ1) is 18.0. The highest BCUT2D eigenvalue weighted by Gasteiger charge is 2.48. The van der Waals surface area contributed by atoms with Crippen molar-refractivity contribution in [3.63, 3.8) is 0 Å². The third kappa shape index (κ3) is 5.75. The van der Waals surface area contributed by atoms with Crippen LogP contribution in [0.25, 0.3) is 11.1 Å². The number of hydrogen-bond donors (Lipinski definition) is 1. The maximum Gasteiger partial charge on any atom is 0.534 e. The topological polar surface area (TPSA) is 108 Å². The van der Waals surface area contributed by atoms with Crippen molar-refractivity contribution >= 4 is 22.2 Å². The number of halogens is 3. The maximum absolute atomic E-state index is 12.6. The second kappa shape index (κ2) is 10.7. The molecule has 38 heavy (non-hydrogen) atoms. The van der Waals surface area contributed by atoms with Gasteiger partial charge in [-0.1, -0.05) is 60.7 Å². The number of nitrogens with one attached hydrogen (secondary N) is 1. The smallest absolute Gasteiger partial charge is 0.467 e. The molecule has 1 atom stereocenters. The van der Waals surface area contributed by atoms with E-state index in [1.165, 1.54) is 12.1 Å². The minimum absolute atomic E-state index is 0.0213. The van der Waals surface area contributed by atoms with Gasteiger partial charge in [0.2, 0.25) is 0 Å². The number of hydrogen-bond acceptors (Lipinski definition) is 7. The van der Waals surface area contributed by atoms with Crippen LogP contribution in [0.5, 0.6) is 5.75 Å². The van der Waals surface area contributed by atoms with Gasteiger partial charge >= 0.3 is 27.7 Å². The molecule has 0 radical (unpaired) electrons. The molecule has 1 unspecified atom stereocenters. The van der Waals surface area contributed by atoms with Crippen LogP contribution in [0.15, 0.2) is 72.8 Å².